The van der Waals surface area contributed by atoms with Gasteiger partial charge in [-0.2, -0.15) is 0 Å². The van der Waals surface area contributed by atoms with Gasteiger partial charge in [0.1, 0.15) is 5.75 Å². The highest BCUT2D eigenvalue weighted by atomic mass is 35.5. The lowest BCUT2D eigenvalue weighted by Crippen LogP contribution is -2.21. The zero-order valence-electron chi connectivity index (χ0n) is 14.6. The normalized spacial score (nSPS) is 10.2. The van der Waals surface area contributed by atoms with E-state index in [1.54, 1.807) is 12.1 Å². The average molecular weight is 427 g/mol. The Bertz CT molecular complexity index is 913. The lowest BCUT2D eigenvalue weighted by molar-refractivity contribution is -0.384. The molecule has 0 aliphatic carbocycles. The van der Waals surface area contributed by atoms with Crippen molar-refractivity contribution in [2.24, 2.45) is 0 Å². The van der Waals surface area contributed by atoms with Crippen molar-refractivity contribution in [3.63, 3.8) is 0 Å². The third-order valence-electron chi connectivity index (χ3n) is 3.44. The number of hydrogen-bond acceptors (Lipinski definition) is 8. The molecule has 0 spiro atoms. The van der Waals surface area contributed by atoms with Crippen molar-refractivity contribution in [2.75, 3.05) is 19.0 Å². The highest BCUT2D eigenvalue weighted by molar-refractivity contribution is 7.18. The number of ketones is 1. The average Bonchev–Trinajstić information content (AvgIpc) is 3.11. The van der Waals surface area contributed by atoms with Crippen molar-refractivity contribution >= 4 is 52.0 Å². The summed E-state index contributed by atoms with van der Waals surface area (Å²) in [7, 11) is 1.30. The third kappa shape index (κ3) is 6.03. The van der Waals surface area contributed by atoms with Gasteiger partial charge in [-0.25, -0.2) is 0 Å². The summed E-state index contributed by atoms with van der Waals surface area (Å²) in [5.74, 6) is -1.51. The Kier molecular flexibility index (Phi) is 7.47. The molecule has 1 aromatic heterocycles. The minimum atomic E-state index is -0.707. The third-order valence-corrected chi connectivity index (χ3v) is 4.71. The number of halogens is 1. The molecule has 2 rings (SSSR count). The van der Waals surface area contributed by atoms with Crippen molar-refractivity contribution in [2.45, 2.75) is 12.8 Å². The molecular weight excluding hydrogens is 412 g/mol. The number of non-ortho nitro benzene ring substituents is 1. The molecule has 0 aliphatic heterocycles. The van der Waals surface area contributed by atoms with E-state index in [1.807, 2.05) is 0 Å². The van der Waals surface area contributed by atoms with Crippen molar-refractivity contribution in [3.05, 3.63) is 49.7 Å². The van der Waals surface area contributed by atoms with Gasteiger partial charge in [0, 0.05) is 12.5 Å². The molecule has 148 valence electrons. The van der Waals surface area contributed by atoms with Gasteiger partial charge < -0.3 is 14.8 Å². The van der Waals surface area contributed by atoms with E-state index in [9.17, 15) is 24.5 Å². The van der Waals surface area contributed by atoms with Gasteiger partial charge in [-0.15, -0.1) is 11.3 Å². The predicted octanol–water partition coefficient (Wildman–Crippen LogP) is 3.46. The molecule has 0 aliphatic rings. The summed E-state index contributed by atoms with van der Waals surface area (Å²) < 4.78 is 10.3. The van der Waals surface area contributed by atoms with Gasteiger partial charge >= 0.3 is 5.97 Å². The number of carbonyl (C=O) groups is 3. The minimum absolute atomic E-state index is 0.0620. The molecular formula is C17H15ClN2O7S. The number of esters is 1. The Hall–Kier alpha value is -2.98. The van der Waals surface area contributed by atoms with E-state index in [1.165, 1.54) is 19.2 Å². The Morgan fingerprint density at radius 1 is 1.21 bits per heavy atom. The van der Waals surface area contributed by atoms with Crippen LogP contribution in [0.2, 0.25) is 4.34 Å². The van der Waals surface area contributed by atoms with Crippen LogP contribution in [0.15, 0.2) is 30.3 Å². The van der Waals surface area contributed by atoms with E-state index >= 15 is 0 Å². The Morgan fingerprint density at radius 2 is 1.96 bits per heavy atom. The molecule has 1 heterocycles. The largest absolute Gasteiger partial charge is 0.494 e. The summed E-state index contributed by atoms with van der Waals surface area (Å²) in [6.45, 7) is -0.571. The van der Waals surface area contributed by atoms with E-state index in [0.717, 1.165) is 17.4 Å². The van der Waals surface area contributed by atoms with E-state index in [0.29, 0.717) is 9.21 Å². The van der Waals surface area contributed by atoms with Gasteiger partial charge in [0.05, 0.1) is 39.4 Å². The first-order valence-electron chi connectivity index (χ1n) is 7.86. The number of nitrogens with zero attached hydrogens (tertiary/aromatic N) is 1. The molecule has 0 fully saturated rings. The highest BCUT2D eigenvalue weighted by Crippen LogP contribution is 2.29. The smallest absolute Gasteiger partial charge is 0.306 e. The highest BCUT2D eigenvalue weighted by Gasteiger charge is 2.16. The van der Waals surface area contributed by atoms with Crippen LogP contribution in [0.1, 0.15) is 22.5 Å². The van der Waals surface area contributed by atoms with Crippen LogP contribution in [0.4, 0.5) is 11.4 Å². The van der Waals surface area contributed by atoms with Gasteiger partial charge in [0.2, 0.25) is 0 Å². The maximum Gasteiger partial charge on any atom is 0.306 e. The number of carbonyl (C=O) groups excluding carboxylic acids is 3. The number of rotatable bonds is 9. The quantitative estimate of drug-likeness (QED) is 0.281. The number of methoxy groups -OCH3 is 1. The fraction of sp³-hybridized carbons (Fsp3) is 0.235. The number of nitro benzene ring substituents is 1. The number of anilines is 1. The van der Waals surface area contributed by atoms with Crippen LogP contribution < -0.4 is 10.1 Å². The molecule has 0 saturated heterocycles. The zero-order chi connectivity index (χ0) is 20.7. The van der Waals surface area contributed by atoms with Crippen molar-refractivity contribution in [1.29, 1.82) is 0 Å². The fourth-order valence-corrected chi connectivity index (χ4v) is 3.11. The second-order valence-electron chi connectivity index (χ2n) is 5.38. The fourth-order valence-electron chi connectivity index (χ4n) is 2.10. The number of hydrogen-bond donors (Lipinski definition) is 1. The van der Waals surface area contributed by atoms with Gasteiger partial charge in [-0.05, 0) is 18.2 Å². The molecule has 0 saturated carbocycles. The number of nitro groups is 1. The Morgan fingerprint density at radius 3 is 2.57 bits per heavy atom. The van der Waals surface area contributed by atoms with Crippen molar-refractivity contribution < 1.29 is 28.8 Å². The first-order chi connectivity index (χ1) is 13.3. The van der Waals surface area contributed by atoms with Gasteiger partial charge in [0.25, 0.3) is 11.6 Å². The summed E-state index contributed by atoms with van der Waals surface area (Å²) >= 11 is 6.87. The summed E-state index contributed by atoms with van der Waals surface area (Å²) in [5.41, 5.74) is -0.00290. The number of thiophene rings is 1. The van der Waals surface area contributed by atoms with Crippen molar-refractivity contribution in [3.8, 4) is 5.75 Å². The lowest BCUT2D eigenvalue weighted by Gasteiger charge is -2.10. The Labute approximate surface area is 168 Å². The predicted molar refractivity (Wildman–Crippen MR) is 102 cm³/mol. The maximum absolute atomic E-state index is 11.9. The SMILES string of the molecule is COc1cc([N+](=O)[O-])ccc1NC(=O)COC(=O)CCC(=O)c1ccc(Cl)s1. The summed E-state index contributed by atoms with van der Waals surface area (Å²) in [4.78, 5) is 46.1. The molecule has 2 aromatic rings. The summed E-state index contributed by atoms with van der Waals surface area (Å²) in [6, 6.07) is 6.83. The van der Waals surface area contributed by atoms with Crippen LogP contribution in [0.25, 0.3) is 0 Å². The van der Waals surface area contributed by atoms with Crippen LogP contribution in [-0.2, 0) is 14.3 Å². The van der Waals surface area contributed by atoms with E-state index in [2.05, 4.69) is 5.32 Å². The summed E-state index contributed by atoms with van der Waals surface area (Å²) in [5, 5.41) is 13.2. The van der Waals surface area contributed by atoms with Crippen LogP contribution >= 0.6 is 22.9 Å². The maximum atomic E-state index is 11.9. The first kappa shape index (κ1) is 21.3. The molecule has 0 atom stereocenters. The number of ether oxygens (including phenoxy) is 2. The molecule has 28 heavy (non-hydrogen) atoms. The van der Waals surface area contributed by atoms with Crippen LogP contribution in [0.3, 0.4) is 0 Å². The van der Waals surface area contributed by atoms with Crippen LogP contribution in [0, 0.1) is 10.1 Å². The van der Waals surface area contributed by atoms with Gasteiger partial charge in [-0.3, -0.25) is 24.5 Å². The number of Topliss-reactive ketones (excluding diaryl/α,β-unsaturated/α-hetero) is 1. The Balaban J connectivity index is 1.81. The number of nitrogens with one attached hydrogen (secondary N) is 1. The summed E-state index contributed by atoms with van der Waals surface area (Å²) in [6.07, 6.45) is -0.240. The second kappa shape index (κ2) is 9.81. The van der Waals surface area contributed by atoms with E-state index < -0.39 is 23.4 Å². The van der Waals surface area contributed by atoms with E-state index in [-0.39, 0.29) is 35.7 Å². The molecule has 11 heteroatoms. The van der Waals surface area contributed by atoms with Gasteiger partial charge in [-0.1, -0.05) is 11.6 Å². The molecule has 9 nitrogen and oxygen atoms in total. The van der Waals surface area contributed by atoms with Crippen molar-refractivity contribution in [1.82, 2.24) is 0 Å². The lowest BCUT2D eigenvalue weighted by atomic mass is 10.2. The molecule has 1 N–H and O–H groups in total. The monoisotopic (exact) mass is 426 g/mol. The second-order valence-corrected chi connectivity index (χ2v) is 7.09. The molecule has 0 radical (unpaired) electrons. The standard InChI is InChI=1S/C17H15ClN2O7S/c1-26-13-8-10(20(24)25)2-3-11(13)19-16(22)9-27-17(23)7-4-12(21)14-5-6-15(18)28-14/h2-3,5-6,8H,4,7,9H2,1H3,(H,19,22). The van der Waals surface area contributed by atoms with Crippen LogP contribution in [0.5, 0.6) is 5.75 Å². The molecule has 1 aromatic carbocycles. The molecule has 0 bridgehead atoms. The zero-order valence-corrected chi connectivity index (χ0v) is 16.2. The molecule has 0 unspecified atom stereocenters. The molecule has 1 amide bonds. The first-order valence-corrected chi connectivity index (χ1v) is 9.06. The van der Waals surface area contributed by atoms with Gasteiger partial charge in [0.15, 0.2) is 12.4 Å². The number of amides is 1. The minimum Gasteiger partial charge on any atom is -0.494 e. The van der Waals surface area contributed by atoms with E-state index in [4.69, 9.17) is 21.1 Å². The van der Waals surface area contributed by atoms with Crippen LogP contribution in [-0.4, -0.2) is 36.3 Å². The number of benzene rings is 1. The topological polar surface area (TPSA) is 125 Å².